The molecule has 2 aromatic carbocycles. The lowest BCUT2D eigenvalue weighted by Crippen LogP contribution is -1.86. The topological polar surface area (TPSA) is 21.6 Å². The van der Waals surface area contributed by atoms with E-state index in [9.17, 15) is 0 Å². The van der Waals surface area contributed by atoms with Gasteiger partial charge in [-0.1, -0.05) is 29.8 Å². The lowest BCUT2D eigenvalue weighted by molar-refractivity contribution is 0.715. The summed E-state index contributed by atoms with van der Waals surface area (Å²) >= 11 is 1.88. The molecule has 92 valence electrons. The van der Waals surface area contributed by atoms with E-state index in [1.54, 1.807) is 0 Å². The lowest BCUT2D eigenvalue weighted by Gasteiger charge is -2.03. The molecule has 0 aromatic heterocycles. The zero-order valence-corrected chi connectivity index (χ0v) is 12.5. The second kappa shape index (κ2) is 6.00. The van der Waals surface area contributed by atoms with Crippen molar-refractivity contribution in [1.82, 2.24) is 0 Å². The number of nitrogens with zero attached hydrogens (tertiary/aromatic N) is 1. The molecule has 0 bridgehead atoms. The molecule has 0 amide bonds. The van der Waals surface area contributed by atoms with E-state index in [2.05, 4.69) is 31.0 Å². The van der Waals surface area contributed by atoms with Crippen LogP contribution in [0, 0.1) is 13.8 Å². The Morgan fingerprint density at radius 2 is 1.89 bits per heavy atom. The van der Waals surface area contributed by atoms with E-state index < -0.39 is 0 Å². The van der Waals surface area contributed by atoms with Gasteiger partial charge in [-0.2, -0.15) is 0 Å². The normalized spacial score (nSPS) is 10.8. The molecule has 0 atom stereocenters. The molecule has 2 rings (SSSR count). The fourth-order valence-corrected chi connectivity index (χ4v) is 2.15. The zero-order valence-electron chi connectivity index (χ0n) is 10.4. The van der Waals surface area contributed by atoms with E-state index in [4.69, 9.17) is 3.07 Å². The Morgan fingerprint density at radius 3 is 2.61 bits per heavy atom. The Balaban J connectivity index is 2.30. The second-order valence-corrected chi connectivity index (χ2v) is 4.60. The zero-order chi connectivity index (χ0) is 13.0. The Hall–Kier alpha value is -1.36. The maximum absolute atomic E-state index is 5.26. The molecule has 3 heteroatoms. The third-order valence-corrected chi connectivity index (χ3v) is 3.17. The van der Waals surface area contributed by atoms with Crippen molar-refractivity contribution in [1.29, 1.82) is 0 Å². The van der Waals surface area contributed by atoms with Crippen LogP contribution in [0.5, 0.6) is 5.75 Å². The molecule has 2 nitrogen and oxygen atoms in total. The number of benzene rings is 2. The average molecular weight is 351 g/mol. The van der Waals surface area contributed by atoms with Crippen LogP contribution in [0.1, 0.15) is 16.7 Å². The summed E-state index contributed by atoms with van der Waals surface area (Å²) in [5.74, 6) is 0.826. The van der Waals surface area contributed by atoms with Gasteiger partial charge in [-0.05, 0) is 37.6 Å². The fraction of sp³-hybridized carbons (Fsp3) is 0.133. The number of rotatable bonds is 3. The quantitative estimate of drug-likeness (QED) is 0.576. The summed E-state index contributed by atoms with van der Waals surface area (Å²) in [5, 5.41) is 0. The number of aliphatic imine (C=N–C) groups is 1. The molecule has 0 radical (unpaired) electrons. The molecule has 0 fully saturated rings. The van der Waals surface area contributed by atoms with E-state index in [-0.39, 0.29) is 0 Å². The number of hydrogen-bond donors (Lipinski definition) is 0. The highest BCUT2D eigenvalue weighted by Gasteiger charge is 2.00. The molecule has 0 N–H and O–H groups in total. The molecule has 0 unspecified atom stereocenters. The van der Waals surface area contributed by atoms with Crippen LogP contribution in [-0.2, 0) is 0 Å². The Morgan fingerprint density at radius 1 is 1.11 bits per heavy atom. The van der Waals surface area contributed by atoms with Gasteiger partial charge in [0.25, 0.3) is 0 Å². The van der Waals surface area contributed by atoms with Gasteiger partial charge in [0.2, 0.25) is 0 Å². The van der Waals surface area contributed by atoms with Crippen LogP contribution >= 0.6 is 23.0 Å². The van der Waals surface area contributed by atoms with Gasteiger partial charge < -0.3 is 3.07 Å². The summed E-state index contributed by atoms with van der Waals surface area (Å²) in [5.41, 5.74) is 4.40. The minimum Gasteiger partial charge on any atom is -0.427 e. The van der Waals surface area contributed by atoms with Gasteiger partial charge in [-0.3, -0.25) is 4.99 Å². The van der Waals surface area contributed by atoms with E-state index in [0.29, 0.717) is 0 Å². The van der Waals surface area contributed by atoms with Crippen LogP contribution in [0.15, 0.2) is 47.5 Å². The Kier molecular flexibility index (Phi) is 4.36. The van der Waals surface area contributed by atoms with Crippen molar-refractivity contribution in [2.45, 2.75) is 13.8 Å². The van der Waals surface area contributed by atoms with Crippen LogP contribution < -0.4 is 3.07 Å². The first-order valence-corrected chi connectivity index (χ1v) is 6.58. The molecule has 0 heterocycles. The van der Waals surface area contributed by atoms with Gasteiger partial charge in [-0.15, -0.1) is 0 Å². The fourth-order valence-electron chi connectivity index (χ4n) is 1.75. The summed E-state index contributed by atoms with van der Waals surface area (Å²) in [6.07, 6.45) is 1.84. The number of halogens is 1. The largest absolute Gasteiger partial charge is 0.427 e. The SMILES string of the molecule is Cc1ccc(/N=C/c2ccccc2OI)c(C)c1. The van der Waals surface area contributed by atoms with Gasteiger partial charge in [0.05, 0.1) is 5.69 Å². The van der Waals surface area contributed by atoms with Crippen LogP contribution in [0.3, 0.4) is 0 Å². The predicted molar refractivity (Wildman–Crippen MR) is 84.3 cm³/mol. The average Bonchev–Trinajstić information content (AvgIpc) is 2.38. The minimum absolute atomic E-state index is 0.826. The minimum atomic E-state index is 0.826. The van der Waals surface area contributed by atoms with Gasteiger partial charge >= 0.3 is 0 Å². The van der Waals surface area contributed by atoms with Crippen molar-refractivity contribution < 1.29 is 3.07 Å². The first kappa shape index (κ1) is 13.1. The van der Waals surface area contributed by atoms with Crippen molar-refractivity contribution in [3.8, 4) is 5.75 Å². The first-order chi connectivity index (χ1) is 8.70. The lowest BCUT2D eigenvalue weighted by atomic mass is 10.1. The third kappa shape index (κ3) is 3.10. The monoisotopic (exact) mass is 351 g/mol. The molecule has 18 heavy (non-hydrogen) atoms. The van der Waals surface area contributed by atoms with Crippen LogP contribution in [0.25, 0.3) is 0 Å². The predicted octanol–water partition coefficient (Wildman–Crippen LogP) is 4.78. The molecule has 0 saturated carbocycles. The Labute approximate surface area is 121 Å². The van der Waals surface area contributed by atoms with Gasteiger partial charge in [0.1, 0.15) is 5.75 Å². The summed E-state index contributed by atoms with van der Waals surface area (Å²) in [4.78, 5) is 4.52. The van der Waals surface area contributed by atoms with E-state index >= 15 is 0 Å². The molecule has 0 aliphatic rings. The van der Waals surface area contributed by atoms with Crippen LogP contribution in [0.4, 0.5) is 5.69 Å². The van der Waals surface area contributed by atoms with Crippen molar-refractivity contribution in [3.63, 3.8) is 0 Å². The van der Waals surface area contributed by atoms with Crippen molar-refractivity contribution >= 4 is 34.9 Å². The molecule has 0 aliphatic heterocycles. The van der Waals surface area contributed by atoms with Gasteiger partial charge in [-0.25, -0.2) is 0 Å². The summed E-state index contributed by atoms with van der Waals surface area (Å²) in [6, 6.07) is 14.1. The highest BCUT2D eigenvalue weighted by Crippen LogP contribution is 2.22. The molecular weight excluding hydrogens is 337 g/mol. The van der Waals surface area contributed by atoms with Crippen molar-refractivity contribution in [2.75, 3.05) is 0 Å². The Bertz CT molecular complexity index is 578. The summed E-state index contributed by atoms with van der Waals surface area (Å²) in [7, 11) is 0. The van der Waals surface area contributed by atoms with Crippen LogP contribution in [0.2, 0.25) is 0 Å². The molecule has 0 spiro atoms. The van der Waals surface area contributed by atoms with E-state index in [1.807, 2.05) is 59.6 Å². The van der Waals surface area contributed by atoms with E-state index in [1.165, 1.54) is 11.1 Å². The van der Waals surface area contributed by atoms with Gasteiger partial charge in [0, 0.05) is 11.8 Å². The third-order valence-electron chi connectivity index (χ3n) is 2.70. The smallest absolute Gasteiger partial charge is 0.192 e. The maximum Gasteiger partial charge on any atom is 0.192 e. The molecule has 0 aliphatic carbocycles. The summed E-state index contributed by atoms with van der Waals surface area (Å²) in [6.45, 7) is 4.15. The number of hydrogen-bond acceptors (Lipinski definition) is 2. The van der Waals surface area contributed by atoms with E-state index in [0.717, 1.165) is 17.0 Å². The van der Waals surface area contributed by atoms with Crippen molar-refractivity contribution in [2.24, 2.45) is 4.99 Å². The van der Waals surface area contributed by atoms with Gasteiger partial charge in [0.15, 0.2) is 23.0 Å². The number of aryl methyl sites for hydroxylation is 2. The second-order valence-electron chi connectivity index (χ2n) is 4.16. The number of para-hydroxylation sites is 1. The summed E-state index contributed by atoms with van der Waals surface area (Å²) < 4.78 is 5.26. The molecule has 0 saturated heterocycles. The molecular formula is C15H14INO. The standard InChI is InChI=1S/C15H14INO/c1-11-7-8-14(12(2)9-11)17-10-13-5-3-4-6-15(13)18-16/h3-10H,1-2H3/b17-10+. The van der Waals surface area contributed by atoms with Crippen molar-refractivity contribution in [3.05, 3.63) is 59.2 Å². The highest BCUT2D eigenvalue weighted by molar-refractivity contribution is 14.1. The maximum atomic E-state index is 5.26. The van der Waals surface area contributed by atoms with Crippen LogP contribution in [-0.4, -0.2) is 6.21 Å². The molecule has 2 aromatic rings. The highest BCUT2D eigenvalue weighted by atomic mass is 127. The first-order valence-electron chi connectivity index (χ1n) is 5.69.